The molecule has 0 unspecified atom stereocenters. The van der Waals surface area contributed by atoms with Crippen LogP contribution in [0.1, 0.15) is 5.76 Å². The molecule has 0 fully saturated rings. The van der Waals surface area contributed by atoms with Gasteiger partial charge in [-0.3, -0.25) is 4.79 Å². The van der Waals surface area contributed by atoms with E-state index in [1.165, 1.54) is 6.21 Å². The van der Waals surface area contributed by atoms with Gasteiger partial charge >= 0.3 is 0 Å². The van der Waals surface area contributed by atoms with Crippen molar-refractivity contribution < 1.29 is 9.21 Å². The molecule has 1 aromatic heterocycles. The van der Waals surface area contributed by atoms with E-state index in [1.54, 1.807) is 12.3 Å². The summed E-state index contributed by atoms with van der Waals surface area (Å²) in [7, 11) is 0. The first-order valence-corrected chi connectivity index (χ1v) is 6.63. The van der Waals surface area contributed by atoms with Gasteiger partial charge in [-0.05, 0) is 30.3 Å². The summed E-state index contributed by atoms with van der Waals surface area (Å²) in [6.07, 6.45) is 7.52. The summed E-state index contributed by atoms with van der Waals surface area (Å²) in [6.45, 7) is 0.178. The SMILES string of the molecule is O=C(CNc1ccccc1)N/N=C/C=C/Cc1ccco1. The van der Waals surface area contributed by atoms with E-state index in [0.29, 0.717) is 6.42 Å². The first kappa shape index (κ1) is 14.6. The van der Waals surface area contributed by atoms with Crippen molar-refractivity contribution in [3.63, 3.8) is 0 Å². The van der Waals surface area contributed by atoms with Crippen LogP contribution >= 0.6 is 0 Å². The minimum Gasteiger partial charge on any atom is -0.469 e. The van der Waals surface area contributed by atoms with E-state index in [1.807, 2.05) is 48.5 Å². The zero-order chi connectivity index (χ0) is 14.8. The number of anilines is 1. The summed E-state index contributed by atoms with van der Waals surface area (Å²) >= 11 is 0. The molecule has 0 radical (unpaired) electrons. The lowest BCUT2D eigenvalue weighted by atomic mass is 10.3. The fourth-order valence-electron chi connectivity index (χ4n) is 1.60. The van der Waals surface area contributed by atoms with Crippen LogP contribution in [0.4, 0.5) is 5.69 Å². The number of carbonyl (C=O) groups is 1. The summed E-state index contributed by atoms with van der Waals surface area (Å²) in [5.74, 6) is 0.685. The van der Waals surface area contributed by atoms with Gasteiger partial charge in [0.25, 0.3) is 5.91 Å². The molecule has 0 aliphatic heterocycles. The van der Waals surface area contributed by atoms with Crippen molar-refractivity contribution in [3.05, 3.63) is 66.6 Å². The second kappa shape index (κ2) is 8.37. The predicted molar refractivity (Wildman–Crippen MR) is 83.1 cm³/mol. The van der Waals surface area contributed by atoms with Crippen LogP contribution < -0.4 is 10.7 Å². The number of benzene rings is 1. The number of allylic oxidation sites excluding steroid dienone is 2. The Balaban J connectivity index is 1.62. The average Bonchev–Trinajstić information content (AvgIpc) is 3.03. The highest BCUT2D eigenvalue weighted by Gasteiger charge is 1.97. The number of nitrogens with zero attached hydrogens (tertiary/aromatic N) is 1. The Hall–Kier alpha value is -2.82. The molecule has 0 bridgehead atoms. The maximum atomic E-state index is 11.5. The summed E-state index contributed by atoms with van der Waals surface area (Å²) in [6, 6.07) is 13.3. The molecule has 2 rings (SSSR count). The van der Waals surface area contributed by atoms with Crippen LogP contribution in [0, 0.1) is 0 Å². The maximum absolute atomic E-state index is 11.5. The predicted octanol–water partition coefficient (Wildman–Crippen LogP) is 2.59. The van der Waals surface area contributed by atoms with Crippen LogP contribution in [0.5, 0.6) is 0 Å². The van der Waals surface area contributed by atoms with Crippen LogP contribution in [0.25, 0.3) is 0 Å². The zero-order valence-electron chi connectivity index (χ0n) is 11.5. The van der Waals surface area contributed by atoms with E-state index in [2.05, 4.69) is 15.8 Å². The summed E-state index contributed by atoms with van der Waals surface area (Å²) < 4.78 is 5.18. The Labute approximate surface area is 123 Å². The first-order valence-electron chi connectivity index (χ1n) is 6.63. The van der Waals surface area contributed by atoms with Crippen molar-refractivity contribution in [2.24, 2.45) is 5.10 Å². The number of rotatable bonds is 7. The van der Waals surface area contributed by atoms with Gasteiger partial charge in [0.05, 0.1) is 12.8 Å². The Morgan fingerprint density at radius 3 is 2.81 bits per heavy atom. The lowest BCUT2D eigenvalue weighted by molar-refractivity contribution is -0.119. The molecular weight excluding hydrogens is 266 g/mol. The highest BCUT2D eigenvalue weighted by Crippen LogP contribution is 2.03. The molecule has 0 spiro atoms. The van der Waals surface area contributed by atoms with Crippen molar-refractivity contribution in [1.82, 2.24) is 5.43 Å². The van der Waals surface area contributed by atoms with Crippen LogP contribution in [-0.4, -0.2) is 18.7 Å². The standard InChI is InChI=1S/C16H17N3O2/c20-16(13-17-14-7-2-1-3-8-14)19-18-11-5-4-9-15-10-6-12-21-15/h1-8,10-12,17H,9,13H2,(H,19,20)/b5-4+,18-11+. The molecule has 1 aromatic carbocycles. The van der Waals surface area contributed by atoms with Crippen LogP contribution in [0.15, 0.2) is 70.4 Å². The number of amides is 1. The first-order chi connectivity index (χ1) is 10.3. The largest absolute Gasteiger partial charge is 0.469 e. The Morgan fingerprint density at radius 1 is 1.19 bits per heavy atom. The fourth-order valence-corrected chi connectivity index (χ4v) is 1.60. The van der Waals surface area contributed by atoms with E-state index in [4.69, 9.17) is 4.42 Å². The molecule has 0 aliphatic rings. The number of hydrogen-bond donors (Lipinski definition) is 2. The summed E-state index contributed by atoms with van der Waals surface area (Å²) in [4.78, 5) is 11.5. The van der Waals surface area contributed by atoms with Crippen molar-refractivity contribution in [2.45, 2.75) is 6.42 Å². The van der Waals surface area contributed by atoms with Gasteiger partial charge in [-0.25, -0.2) is 5.43 Å². The van der Waals surface area contributed by atoms with Crippen molar-refractivity contribution in [3.8, 4) is 0 Å². The summed E-state index contributed by atoms with van der Waals surface area (Å²) in [5, 5.41) is 6.82. The average molecular weight is 283 g/mol. The van der Waals surface area contributed by atoms with E-state index in [-0.39, 0.29) is 12.5 Å². The number of hydrogen-bond acceptors (Lipinski definition) is 4. The molecule has 0 saturated heterocycles. The van der Waals surface area contributed by atoms with Crippen molar-refractivity contribution in [2.75, 3.05) is 11.9 Å². The molecule has 0 saturated carbocycles. The number of nitrogens with one attached hydrogen (secondary N) is 2. The molecule has 21 heavy (non-hydrogen) atoms. The van der Waals surface area contributed by atoms with E-state index >= 15 is 0 Å². The topological polar surface area (TPSA) is 66.6 Å². The van der Waals surface area contributed by atoms with Crippen LogP contribution in [-0.2, 0) is 11.2 Å². The number of para-hydroxylation sites is 1. The Morgan fingerprint density at radius 2 is 2.05 bits per heavy atom. The molecule has 5 heteroatoms. The third-order valence-corrected chi connectivity index (χ3v) is 2.61. The van der Waals surface area contributed by atoms with Gasteiger partial charge in [-0.1, -0.05) is 24.3 Å². The minimum absolute atomic E-state index is 0.178. The molecule has 5 nitrogen and oxygen atoms in total. The van der Waals surface area contributed by atoms with E-state index < -0.39 is 0 Å². The Bertz CT molecular complexity index is 589. The highest BCUT2D eigenvalue weighted by atomic mass is 16.3. The second-order valence-corrected chi connectivity index (χ2v) is 4.24. The van der Waals surface area contributed by atoms with Crippen molar-refractivity contribution in [1.29, 1.82) is 0 Å². The lowest BCUT2D eigenvalue weighted by Crippen LogP contribution is -2.25. The minimum atomic E-state index is -0.200. The number of furan rings is 1. The smallest absolute Gasteiger partial charge is 0.259 e. The second-order valence-electron chi connectivity index (χ2n) is 4.24. The third-order valence-electron chi connectivity index (χ3n) is 2.61. The number of carbonyl (C=O) groups excluding carboxylic acids is 1. The molecule has 2 aromatic rings. The highest BCUT2D eigenvalue weighted by molar-refractivity contribution is 5.82. The maximum Gasteiger partial charge on any atom is 0.259 e. The monoisotopic (exact) mass is 283 g/mol. The molecule has 2 N–H and O–H groups in total. The molecule has 108 valence electrons. The molecule has 1 heterocycles. The number of hydrazone groups is 1. The van der Waals surface area contributed by atoms with Gasteiger partial charge in [0.2, 0.25) is 0 Å². The third kappa shape index (κ3) is 5.78. The zero-order valence-corrected chi connectivity index (χ0v) is 11.5. The van der Waals surface area contributed by atoms with Crippen LogP contribution in [0.3, 0.4) is 0 Å². The van der Waals surface area contributed by atoms with Gasteiger partial charge in [-0.15, -0.1) is 0 Å². The lowest BCUT2D eigenvalue weighted by Gasteiger charge is -2.03. The van der Waals surface area contributed by atoms with Crippen molar-refractivity contribution >= 4 is 17.8 Å². The van der Waals surface area contributed by atoms with Crippen LogP contribution in [0.2, 0.25) is 0 Å². The quantitative estimate of drug-likeness (QED) is 0.606. The Kier molecular flexibility index (Phi) is 5.81. The van der Waals surface area contributed by atoms with E-state index in [0.717, 1.165) is 11.4 Å². The van der Waals surface area contributed by atoms with Gasteiger partial charge in [0.1, 0.15) is 5.76 Å². The summed E-state index contributed by atoms with van der Waals surface area (Å²) in [5.41, 5.74) is 3.34. The normalized spacial score (nSPS) is 11.0. The molecule has 0 atom stereocenters. The van der Waals surface area contributed by atoms with Gasteiger partial charge in [-0.2, -0.15) is 5.10 Å². The molecular formula is C16H17N3O2. The van der Waals surface area contributed by atoms with Gasteiger partial charge < -0.3 is 9.73 Å². The molecule has 1 amide bonds. The molecule has 0 aliphatic carbocycles. The fraction of sp³-hybridized carbons (Fsp3) is 0.125. The van der Waals surface area contributed by atoms with Gasteiger partial charge in [0, 0.05) is 18.3 Å². The van der Waals surface area contributed by atoms with E-state index in [9.17, 15) is 4.79 Å². The van der Waals surface area contributed by atoms with Gasteiger partial charge in [0.15, 0.2) is 0 Å².